The first kappa shape index (κ1) is 59.5. The van der Waals surface area contributed by atoms with Crippen molar-refractivity contribution >= 4 is 114 Å². The Kier molecular flexibility index (Phi) is 20.6. The van der Waals surface area contributed by atoms with E-state index in [-0.39, 0.29) is 49.7 Å². The summed E-state index contributed by atoms with van der Waals surface area (Å²) in [5.74, 6) is -0.711. The number of carbonyl (C=O) groups is 2. The van der Waals surface area contributed by atoms with Crippen LogP contribution in [0, 0.1) is 13.1 Å². The number of fused-ring (bicyclic) bond motifs is 2. The van der Waals surface area contributed by atoms with Crippen molar-refractivity contribution in [3.05, 3.63) is 176 Å². The number of aliphatic carboxylic acids is 1. The number of aromatic nitrogens is 8. The average molecular weight is 1190 g/mol. The molecule has 0 unspecified atom stereocenters. The molecule has 27 heteroatoms. The molecule has 2 aromatic carbocycles. The van der Waals surface area contributed by atoms with Gasteiger partial charge in [0.25, 0.3) is 17.3 Å². The third-order valence-electron chi connectivity index (χ3n) is 11.8. The number of nitrogen functional groups attached to an aromatic ring is 2. The fraction of sp³-hybridized carbons (Fsp3) is 0.179. The Labute approximate surface area is 491 Å². The fourth-order valence-electron chi connectivity index (χ4n) is 7.49. The number of H-pyrrole nitrogens is 2. The lowest BCUT2D eigenvalue weighted by molar-refractivity contribution is -0.132. The number of rotatable bonds is 21. The molecule has 0 aliphatic rings. The lowest BCUT2D eigenvalue weighted by Gasteiger charge is -2.14. The van der Waals surface area contributed by atoms with E-state index in [1.54, 1.807) is 28.7 Å². The molecule has 0 aliphatic carbocycles. The maximum Gasteiger partial charge on any atom is 0.333 e. The third kappa shape index (κ3) is 16.1. The molecule has 12 N–H and O–H groups in total. The van der Waals surface area contributed by atoms with Crippen molar-refractivity contribution < 1.29 is 34.4 Å². The van der Waals surface area contributed by atoms with Crippen molar-refractivity contribution in [3.63, 3.8) is 0 Å². The second-order valence-electron chi connectivity index (χ2n) is 17.6. The van der Waals surface area contributed by atoms with Crippen molar-refractivity contribution in [3.8, 4) is 31.3 Å². The molecule has 0 bridgehead atoms. The number of hydrogen-bond donors (Lipinski definition) is 9. The summed E-state index contributed by atoms with van der Waals surface area (Å²) in [5, 5.41) is 31.9. The van der Waals surface area contributed by atoms with Crippen LogP contribution in [0.5, 0.6) is 11.8 Å². The highest BCUT2D eigenvalue weighted by atomic mass is 32.1. The van der Waals surface area contributed by atoms with Gasteiger partial charge in [0.2, 0.25) is 23.7 Å². The molecule has 0 spiro atoms. The molecule has 0 aliphatic heterocycles. The van der Waals surface area contributed by atoms with Gasteiger partial charge in [-0.3, -0.25) is 9.59 Å². The topological polar surface area (TPSA) is 328 Å². The number of nitrogens with one attached hydrogen (secondary N) is 3. The van der Waals surface area contributed by atoms with Crippen LogP contribution in [0.2, 0.25) is 0 Å². The molecule has 0 saturated heterocycles. The molecule has 0 fully saturated rings. The van der Waals surface area contributed by atoms with Gasteiger partial charge in [-0.25, -0.2) is 19.7 Å². The fourth-order valence-corrected chi connectivity index (χ4v) is 11.5. The van der Waals surface area contributed by atoms with Crippen LogP contribution in [0.15, 0.2) is 121 Å². The second-order valence-corrected chi connectivity index (χ2v) is 22.0. The van der Waals surface area contributed by atoms with Gasteiger partial charge in [-0.1, -0.05) is 48.5 Å². The zero-order valence-corrected chi connectivity index (χ0v) is 47.8. The van der Waals surface area contributed by atoms with Crippen molar-refractivity contribution in [2.75, 3.05) is 61.7 Å². The number of aliphatic hydroxyl groups excluding tert-OH is 2. The molecule has 424 valence electrons. The number of anilines is 4. The largest absolute Gasteiger partial charge is 0.486 e. The number of ether oxygens (including phenoxy) is 2. The number of hydrogen-bond acceptors (Lipinski definition) is 21. The first-order valence-corrected chi connectivity index (χ1v) is 28.3. The van der Waals surface area contributed by atoms with Gasteiger partial charge in [0, 0.05) is 69.5 Å². The number of carbonyl (C=O) groups excluding carboxylic acids is 1. The smallest absolute Gasteiger partial charge is 0.333 e. The minimum Gasteiger partial charge on any atom is -0.486 e. The summed E-state index contributed by atoms with van der Waals surface area (Å²) in [6, 6.07) is 31.1. The first-order valence-electron chi connectivity index (χ1n) is 25.0. The number of thiophene rings is 4. The van der Waals surface area contributed by atoms with Crippen LogP contribution in [0.4, 0.5) is 21.9 Å². The Morgan fingerprint density at radius 1 is 0.614 bits per heavy atom. The molecular weight excluding hydrogens is 1140 g/mol. The number of amides is 1. The number of carboxylic acids is 1. The normalized spacial score (nSPS) is 11.2. The number of nitrogens with two attached hydrogens (primary N) is 3. The van der Waals surface area contributed by atoms with E-state index in [0.717, 1.165) is 61.5 Å². The van der Waals surface area contributed by atoms with E-state index in [1.165, 1.54) is 41.4 Å². The minimum atomic E-state index is -1.21. The predicted octanol–water partition coefficient (Wildman–Crippen LogP) is 8.53. The van der Waals surface area contributed by atoms with Crippen LogP contribution in [0.1, 0.15) is 32.0 Å². The Hall–Kier alpha value is -9.58. The Morgan fingerprint density at radius 2 is 1.04 bits per heavy atom. The average Bonchev–Trinajstić information content (AvgIpc) is 4.45. The molecule has 10 rings (SSSR count). The Balaban J connectivity index is 0.000000180. The number of aromatic amines is 2. The number of carboxylic acid groups (broad SMARTS) is 1. The van der Waals surface area contributed by atoms with E-state index < -0.39 is 11.9 Å². The molecule has 0 saturated carbocycles. The van der Waals surface area contributed by atoms with Gasteiger partial charge in [-0.15, -0.1) is 45.3 Å². The first-order chi connectivity index (χ1) is 40.2. The zero-order chi connectivity index (χ0) is 58.8. The molecule has 23 nitrogen and oxygen atoms in total. The van der Waals surface area contributed by atoms with Crippen LogP contribution in [-0.4, -0.2) is 107 Å². The van der Waals surface area contributed by atoms with Gasteiger partial charge in [0.15, 0.2) is 11.3 Å². The van der Waals surface area contributed by atoms with Crippen molar-refractivity contribution in [1.29, 1.82) is 0 Å². The summed E-state index contributed by atoms with van der Waals surface area (Å²) in [4.78, 5) is 70.1. The monoisotopic (exact) mass is 1190 g/mol. The van der Waals surface area contributed by atoms with Gasteiger partial charge >= 0.3 is 5.97 Å². The van der Waals surface area contributed by atoms with Gasteiger partial charge < -0.3 is 67.1 Å². The summed E-state index contributed by atoms with van der Waals surface area (Å²) in [6.07, 6.45) is 6.03. The SMILES string of the molecule is NCc1ccc(COc2nc(N)nc3nc[nH]c23)cc1.[C-]#[N+]/C(=C\c1ccc(-c2ccc(N(C)CCO)s2)s1)C(=O)NCc1ccc(COc2nc(N)nc3nc[nH]c23)cc1.[C-]#[N+]/C(=C\c1ccc(-c2ccc(N(C)CCO)s2)s1)C(=O)O. The quantitative estimate of drug-likeness (QED) is 0.0240. The molecule has 1 amide bonds. The van der Waals surface area contributed by atoms with E-state index in [0.29, 0.717) is 60.3 Å². The standard InChI is InChI=1S/C28H26N8O3S2.C15H14N2O3S2.C13H14N6O/c1-30-20(13-19-7-8-21(40-19)22-9-10-23(41-22)36(2)11-12-37)26(38)31-14-17-3-5-18(6-4-17)15-39-27-24-25(33-16-32-24)34-28(29)35-27;1-16-11(15(19)20)9-10-3-4-12(21-10)13-5-6-14(22-13)17(2)7-8-18;14-5-8-1-3-9(4-2-8)6-20-12-10-11(17-7-16-10)18-13(15)19-12/h3-10,13,16,37H,11-12,14-15H2,2H3,(H,31,38)(H3,29,32,33,34,35);3-6,9,18H,7-8H2,2H3,(H,19,20);1-4,7H,5-6,14H2,(H3,15,16,17,18,19)/b20-13-;11-9-;. The number of imidazole rings is 2. The lowest BCUT2D eigenvalue weighted by Crippen LogP contribution is -2.23. The lowest BCUT2D eigenvalue weighted by atomic mass is 10.1. The highest BCUT2D eigenvalue weighted by Gasteiger charge is 2.16. The number of aliphatic hydroxyl groups is 2. The molecule has 8 heterocycles. The second kappa shape index (κ2) is 28.7. The van der Waals surface area contributed by atoms with Gasteiger partial charge in [0.1, 0.15) is 24.2 Å². The highest BCUT2D eigenvalue weighted by Crippen LogP contribution is 2.39. The Bertz CT molecular complexity index is 3960. The molecule has 0 atom stereocenters. The van der Waals surface area contributed by atoms with Gasteiger partial charge in [-0.05, 0) is 82.9 Å². The van der Waals surface area contributed by atoms with E-state index in [4.69, 9.17) is 55.1 Å². The van der Waals surface area contributed by atoms with Crippen LogP contribution >= 0.6 is 45.3 Å². The maximum absolute atomic E-state index is 12.7. The predicted molar refractivity (Wildman–Crippen MR) is 326 cm³/mol. The molecule has 8 aromatic heterocycles. The molecule has 10 aromatic rings. The van der Waals surface area contributed by atoms with E-state index >= 15 is 0 Å². The van der Waals surface area contributed by atoms with Crippen molar-refractivity contribution in [2.24, 2.45) is 5.73 Å². The van der Waals surface area contributed by atoms with Crippen LogP contribution in [0.25, 0.3) is 63.7 Å². The summed E-state index contributed by atoms with van der Waals surface area (Å²) in [6.45, 7) is 17.2. The van der Waals surface area contributed by atoms with Crippen molar-refractivity contribution in [1.82, 2.24) is 45.2 Å². The summed E-state index contributed by atoms with van der Waals surface area (Å²) in [5.41, 5.74) is 22.7. The van der Waals surface area contributed by atoms with E-state index in [2.05, 4.69) is 54.9 Å². The number of likely N-dealkylation sites (N-methyl/N-ethyl adjacent to an activating group) is 2. The molecular formula is C56H54N16O7S4. The summed E-state index contributed by atoms with van der Waals surface area (Å²) < 4.78 is 11.5. The van der Waals surface area contributed by atoms with Crippen LogP contribution in [-0.2, 0) is 35.9 Å². The van der Waals surface area contributed by atoms with Crippen molar-refractivity contribution in [2.45, 2.75) is 26.3 Å². The van der Waals surface area contributed by atoms with Gasteiger partial charge in [-0.2, -0.15) is 19.9 Å². The summed E-state index contributed by atoms with van der Waals surface area (Å²) in [7, 11) is 3.86. The molecule has 83 heavy (non-hydrogen) atoms. The van der Waals surface area contributed by atoms with Crippen LogP contribution < -0.4 is 41.8 Å². The van der Waals surface area contributed by atoms with Crippen LogP contribution in [0.3, 0.4) is 0 Å². The van der Waals surface area contributed by atoms with E-state index in [9.17, 15) is 9.59 Å². The zero-order valence-electron chi connectivity index (χ0n) is 44.5. The highest BCUT2D eigenvalue weighted by molar-refractivity contribution is 7.25. The summed E-state index contributed by atoms with van der Waals surface area (Å²) >= 11 is 6.20. The number of benzene rings is 2. The van der Waals surface area contributed by atoms with E-state index in [1.807, 2.05) is 121 Å². The number of nitrogens with zero attached hydrogens (tertiary/aromatic N) is 10. The third-order valence-corrected chi connectivity index (χ3v) is 16.7. The minimum absolute atomic E-state index is 0.0206. The maximum atomic E-state index is 12.7. The van der Waals surface area contributed by atoms with Gasteiger partial charge in [0.05, 0.1) is 49.0 Å². The Morgan fingerprint density at radius 3 is 1.47 bits per heavy atom. The molecule has 0 radical (unpaired) electrons.